The van der Waals surface area contributed by atoms with Crippen LogP contribution in [0.4, 0.5) is 0 Å². The van der Waals surface area contributed by atoms with Crippen molar-refractivity contribution in [2.45, 2.75) is 0 Å². The fraction of sp³-hybridized carbons (Fsp3) is 0.400. The molecule has 0 spiro atoms. The molecule has 0 radical (unpaired) electrons. The molecule has 0 aliphatic rings. The number of thioether (sulfide) groups is 1. The van der Waals surface area contributed by atoms with Crippen LogP contribution in [0, 0.1) is 0 Å². The zero-order valence-corrected chi connectivity index (χ0v) is 11.4. The Morgan fingerprint density at radius 1 is 1.40 bits per heavy atom. The van der Waals surface area contributed by atoms with Crippen molar-refractivity contribution in [3.63, 3.8) is 0 Å². The summed E-state index contributed by atoms with van der Waals surface area (Å²) in [5.41, 5.74) is 0. The van der Waals surface area contributed by atoms with Crippen LogP contribution in [0.1, 0.15) is 0 Å². The molecule has 0 aliphatic heterocycles. The predicted octanol–water partition coefficient (Wildman–Crippen LogP) is 2.07. The smallest absolute Gasteiger partial charge is 0.118 e. The lowest BCUT2D eigenvalue weighted by molar-refractivity contribution is 0.415. The lowest BCUT2D eigenvalue weighted by atomic mass is 10.3. The average Bonchev–Trinajstić information content (AvgIpc) is 2.26. The molecule has 0 heterocycles. The molecule has 15 heavy (non-hydrogen) atoms. The van der Waals surface area contributed by atoms with E-state index in [-0.39, 0.29) is 0 Å². The van der Waals surface area contributed by atoms with Gasteiger partial charge in [0.2, 0.25) is 0 Å². The summed E-state index contributed by atoms with van der Waals surface area (Å²) in [6.45, 7) is 0. The Bertz CT molecular complexity index is 351. The Morgan fingerprint density at radius 3 is 2.47 bits per heavy atom. The fourth-order valence-electron chi connectivity index (χ4n) is 1.16. The van der Waals surface area contributed by atoms with Gasteiger partial charge in [-0.3, -0.25) is 0 Å². The van der Waals surface area contributed by atoms with E-state index in [0.717, 1.165) is 16.8 Å². The average molecular weight is 262 g/mol. The van der Waals surface area contributed by atoms with E-state index in [0.29, 0.717) is 6.16 Å². The normalized spacial score (nSPS) is 14.6. The molecule has 1 unspecified atom stereocenters. The van der Waals surface area contributed by atoms with Crippen LogP contribution in [0.2, 0.25) is 0 Å². The van der Waals surface area contributed by atoms with Crippen LogP contribution in [0.15, 0.2) is 24.3 Å². The van der Waals surface area contributed by atoms with Gasteiger partial charge in [-0.05, 0) is 30.5 Å². The van der Waals surface area contributed by atoms with Gasteiger partial charge in [-0.15, -0.1) is 0 Å². The first-order valence-electron chi connectivity index (χ1n) is 4.55. The molecule has 1 atom stereocenters. The summed E-state index contributed by atoms with van der Waals surface area (Å²) in [5, 5.41) is 0.868. The van der Waals surface area contributed by atoms with Crippen molar-refractivity contribution in [2.75, 3.05) is 25.3 Å². The highest BCUT2D eigenvalue weighted by Gasteiger charge is 2.14. The first-order valence-corrected chi connectivity index (χ1v) is 8.89. The van der Waals surface area contributed by atoms with Crippen LogP contribution >= 0.6 is 18.0 Å². The summed E-state index contributed by atoms with van der Waals surface area (Å²) in [4.78, 5) is 10.2. The molecule has 0 aromatic heterocycles. The SMILES string of the molecule is COc1ccc(P(O)(=S)CCSC)cc1. The van der Waals surface area contributed by atoms with Gasteiger partial charge in [0, 0.05) is 17.2 Å². The van der Waals surface area contributed by atoms with Crippen molar-refractivity contribution < 1.29 is 9.63 Å². The zero-order chi connectivity index (χ0) is 11.3. The van der Waals surface area contributed by atoms with Crippen LogP contribution < -0.4 is 10.0 Å². The minimum Gasteiger partial charge on any atom is -0.497 e. The van der Waals surface area contributed by atoms with Gasteiger partial charge in [-0.25, -0.2) is 0 Å². The molecule has 1 aromatic rings. The molecule has 5 heteroatoms. The van der Waals surface area contributed by atoms with Crippen LogP contribution in [0.3, 0.4) is 0 Å². The molecule has 1 N–H and O–H groups in total. The van der Waals surface area contributed by atoms with Crippen molar-refractivity contribution in [1.29, 1.82) is 0 Å². The Morgan fingerprint density at radius 2 is 2.00 bits per heavy atom. The first-order chi connectivity index (χ1) is 7.10. The highest BCUT2D eigenvalue weighted by molar-refractivity contribution is 8.15. The predicted molar refractivity (Wildman–Crippen MR) is 72.4 cm³/mol. The Labute approximate surface area is 100 Å². The van der Waals surface area contributed by atoms with E-state index in [2.05, 4.69) is 0 Å². The summed E-state index contributed by atoms with van der Waals surface area (Å²) in [5.74, 6) is 1.69. The number of hydrogen-bond acceptors (Lipinski definition) is 3. The lowest BCUT2D eigenvalue weighted by Gasteiger charge is -2.15. The second kappa shape index (κ2) is 5.90. The van der Waals surface area contributed by atoms with Gasteiger partial charge in [-0.2, -0.15) is 11.8 Å². The third-order valence-electron chi connectivity index (χ3n) is 2.07. The monoisotopic (exact) mass is 262 g/mol. The van der Waals surface area contributed by atoms with Crippen molar-refractivity contribution in [3.8, 4) is 5.75 Å². The Hall–Kier alpha value is -0.0200. The topological polar surface area (TPSA) is 29.5 Å². The van der Waals surface area contributed by atoms with Gasteiger partial charge in [-0.1, -0.05) is 11.8 Å². The van der Waals surface area contributed by atoms with E-state index < -0.39 is 6.26 Å². The second-order valence-corrected chi connectivity index (χ2v) is 8.28. The van der Waals surface area contributed by atoms with Gasteiger partial charge in [0.25, 0.3) is 0 Å². The maximum atomic E-state index is 10.2. The van der Waals surface area contributed by atoms with E-state index >= 15 is 0 Å². The number of benzene rings is 1. The number of ether oxygens (including phenoxy) is 1. The highest BCUT2D eigenvalue weighted by Crippen LogP contribution is 2.40. The van der Waals surface area contributed by atoms with E-state index in [1.165, 1.54) is 0 Å². The van der Waals surface area contributed by atoms with Gasteiger partial charge in [0.05, 0.1) is 13.4 Å². The summed E-state index contributed by atoms with van der Waals surface area (Å²) >= 11 is 6.97. The van der Waals surface area contributed by atoms with E-state index in [4.69, 9.17) is 16.5 Å². The quantitative estimate of drug-likeness (QED) is 0.823. The molecule has 1 aromatic carbocycles. The Balaban J connectivity index is 2.80. The maximum Gasteiger partial charge on any atom is 0.118 e. The zero-order valence-electron chi connectivity index (χ0n) is 8.84. The van der Waals surface area contributed by atoms with Crippen molar-refractivity contribution in [2.24, 2.45) is 0 Å². The molecule has 0 saturated carbocycles. The van der Waals surface area contributed by atoms with Crippen LogP contribution in [-0.4, -0.2) is 30.2 Å². The minimum atomic E-state index is -2.33. The highest BCUT2D eigenvalue weighted by atomic mass is 32.4. The standard InChI is InChI=1S/C10H15O2PS2/c1-12-9-3-5-10(6-4-9)13(11,14)7-8-15-2/h3-6H,7-8H2,1-2H3,(H,11,14). The molecule has 84 valence electrons. The molecular weight excluding hydrogens is 247 g/mol. The molecule has 2 nitrogen and oxygen atoms in total. The van der Waals surface area contributed by atoms with Crippen molar-refractivity contribution in [1.82, 2.24) is 0 Å². The van der Waals surface area contributed by atoms with Gasteiger partial charge in [0.1, 0.15) is 5.75 Å². The minimum absolute atomic E-state index is 0.690. The molecule has 1 rings (SSSR count). The summed E-state index contributed by atoms with van der Waals surface area (Å²) < 4.78 is 5.06. The number of rotatable bonds is 5. The number of hydrogen-bond donors (Lipinski definition) is 1. The fourth-order valence-corrected chi connectivity index (χ4v) is 4.79. The van der Waals surface area contributed by atoms with Crippen molar-refractivity contribution in [3.05, 3.63) is 24.3 Å². The van der Waals surface area contributed by atoms with Crippen LogP contribution in [0.25, 0.3) is 0 Å². The van der Waals surface area contributed by atoms with Crippen molar-refractivity contribution >= 4 is 35.1 Å². The van der Waals surface area contributed by atoms with E-state index in [1.807, 2.05) is 30.5 Å². The summed E-state index contributed by atoms with van der Waals surface area (Å²) in [6, 6.07) is 7.40. The van der Waals surface area contributed by atoms with Crippen LogP contribution in [0.5, 0.6) is 5.75 Å². The Kier molecular flexibility index (Phi) is 5.13. The van der Waals surface area contributed by atoms with E-state index in [9.17, 15) is 4.89 Å². The second-order valence-electron chi connectivity index (χ2n) is 3.12. The largest absolute Gasteiger partial charge is 0.497 e. The molecular formula is C10H15O2PS2. The van der Waals surface area contributed by atoms with Gasteiger partial charge >= 0.3 is 0 Å². The van der Waals surface area contributed by atoms with Gasteiger partial charge in [0.15, 0.2) is 0 Å². The number of methoxy groups -OCH3 is 1. The third kappa shape index (κ3) is 3.80. The van der Waals surface area contributed by atoms with Crippen LogP contribution in [-0.2, 0) is 11.8 Å². The summed E-state index contributed by atoms with van der Waals surface area (Å²) in [7, 11) is 1.62. The third-order valence-corrected chi connectivity index (χ3v) is 6.10. The first kappa shape index (κ1) is 13.0. The van der Waals surface area contributed by atoms with Gasteiger partial charge < -0.3 is 9.63 Å². The molecule has 0 bridgehead atoms. The lowest BCUT2D eigenvalue weighted by Crippen LogP contribution is -2.07. The maximum absolute atomic E-state index is 10.2. The molecule has 0 fully saturated rings. The van der Waals surface area contributed by atoms with E-state index in [1.54, 1.807) is 18.9 Å². The molecule has 0 aliphatic carbocycles. The summed E-state index contributed by atoms with van der Waals surface area (Å²) in [6.07, 6.45) is 0.373. The molecule has 0 saturated heterocycles. The molecule has 0 amide bonds.